The minimum atomic E-state index is 0.242. The number of hydrogen-bond donors (Lipinski definition) is 0. The van der Waals surface area contributed by atoms with Gasteiger partial charge in [-0.1, -0.05) is 26.3 Å². The van der Waals surface area contributed by atoms with Crippen LogP contribution in [-0.2, 0) is 9.53 Å². The number of hydrogen-bond acceptors (Lipinski definition) is 2. The predicted molar refractivity (Wildman–Crippen MR) is 50.1 cm³/mol. The third kappa shape index (κ3) is 4.29. The number of aldehydes is 1. The number of carbonyl (C=O) groups is 1. The molecule has 0 fully saturated rings. The zero-order valence-corrected chi connectivity index (χ0v) is 8.12. The molecule has 0 radical (unpaired) electrons. The zero-order chi connectivity index (χ0) is 9.40. The second-order valence-corrected chi connectivity index (χ2v) is 2.96. The van der Waals surface area contributed by atoms with Crippen molar-refractivity contribution in [2.24, 2.45) is 5.92 Å². The Morgan fingerprint density at radius 2 is 2.17 bits per heavy atom. The van der Waals surface area contributed by atoms with Crippen LogP contribution in [0.4, 0.5) is 0 Å². The highest BCUT2D eigenvalue weighted by atomic mass is 16.5. The Balaban J connectivity index is 3.81. The van der Waals surface area contributed by atoms with Crippen molar-refractivity contribution < 1.29 is 9.53 Å². The van der Waals surface area contributed by atoms with Crippen molar-refractivity contribution in [3.05, 3.63) is 12.2 Å². The average molecular weight is 170 g/mol. The van der Waals surface area contributed by atoms with Crippen LogP contribution in [0.3, 0.4) is 0 Å². The maximum Gasteiger partial charge on any atom is 0.142 e. The van der Waals surface area contributed by atoms with E-state index in [9.17, 15) is 4.79 Å². The van der Waals surface area contributed by atoms with Gasteiger partial charge in [0.25, 0.3) is 0 Å². The number of methoxy groups -OCH3 is 1. The van der Waals surface area contributed by atoms with Crippen molar-refractivity contribution in [1.29, 1.82) is 0 Å². The molecule has 0 bridgehead atoms. The maximum atomic E-state index is 9.99. The molecule has 0 aromatic heterocycles. The summed E-state index contributed by atoms with van der Waals surface area (Å²) < 4.78 is 5.28. The zero-order valence-electron chi connectivity index (χ0n) is 8.12. The number of ether oxygens (including phenoxy) is 1. The van der Waals surface area contributed by atoms with E-state index >= 15 is 0 Å². The highest BCUT2D eigenvalue weighted by Crippen LogP contribution is 2.14. The summed E-state index contributed by atoms with van der Waals surface area (Å²) in [6.07, 6.45) is 6.34. The summed E-state index contributed by atoms with van der Waals surface area (Å²) in [4.78, 5) is 9.99. The van der Waals surface area contributed by atoms with Crippen LogP contribution >= 0.6 is 0 Å². The summed E-state index contributed by atoms with van der Waals surface area (Å²) >= 11 is 0. The van der Waals surface area contributed by atoms with E-state index in [4.69, 9.17) is 4.74 Å². The molecule has 0 aromatic rings. The molecule has 2 unspecified atom stereocenters. The summed E-state index contributed by atoms with van der Waals surface area (Å²) in [5.41, 5.74) is 0. The summed E-state index contributed by atoms with van der Waals surface area (Å²) in [6.45, 7) is 4.29. The fourth-order valence-electron chi connectivity index (χ4n) is 1.09. The van der Waals surface area contributed by atoms with E-state index in [1.807, 2.05) is 6.08 Å². The SMILES string of the molecule is CCC(C)C(C/C=C/C=O)OC. The molecule has 0 aromatic carbocycles. The molecule has 2 nitrogen and oxygen atoms in total. The minimum Gasteiger partial charge on any atom is -0.381 e. The summed E-state index contributed by atoms with van der Waals surface area (Å²) in [7, 11) is 1.71. The lowest BCUT2D eigenvalue weighted by Gasteiger charge is -2.19. The van der Waals surface area contributed by atoms with Crippen LogP contribution in [0.15, 0.2) is 12.2 Å². The Kier molecular flexibility index (Phi) is 6.67. The summed E-state index contributed by atoms with van der Waals surface area (Å²) in [5.74, 6) is 0.548. The second-order valence-electron chi connectivity index (χ2n) is 2.96. The molecule has 70 valence electrons. The van der Waals surface area contributed by atoms with Gasteiger partial charge in [-0.25, -0.2) is 0 Å². The van der Waals surface area contributed by atoms with Crippen LogP contribution in [0.25, 0.3) is 0 Å². The van der Waals surface area contributed by atoms with E-state index in [1.165, 1.54) is 6.08 Å². The van der Waals surface area contributed by atoms with Gasteiger partial charge < -0.3 is 4.74 Å². The van der Waals surface area contributed by atoms with Crippen LogP contribution in [0.5, 0.6) is 0 Å². The standard InChI is InChI=1S/C10H18O2/c1-4-9(2)10(12-3)7-5-6-8-11/h5-6,8-10H,4,7H2,1-3H3/b6-5+. The molecular weight excluding hydrogens is 152 g/mol. The van der Waals surface area contributed by atoms with E-state index in [2.05, 4.69) is 13.8 Å². The monoisotopic (exact) mass is 170 g/mol. The van der Waals surface area contributed by atoms with Gasteiger partial charge >= 0.3 is 0 Å². The molecule has 0 aliphatic heterocycles. The van der Waals surface area contributed by atoms with Crippen LogP contribution in [0, 0.1) is 5.92 Å². The molecule has 0 N–H and O–H groups in total. The van der Waals surface area contributed by atoms with Crippen molar-refractivity contribution in [2.45, 2.75) is 32.8 Å². The highest BCUT2D eigenvalue weighted by molar-refractivity contribution is 5.64. The van der Waals surface area contributed by atoms with Gasteiger partial charge in [0.2, 0.25) is 0 Å². The first-order valence-electron chi connectivity index (χ1n) is 4.39. The van der Waals surface area contributed by atoms with Gasteiger partial charge in [-0.15, -0.1) is 0 Å². The summed E-state index contributed by atoms with van der Waals surface area (Å²) in [5, 5.41) is 0. The average Bonchev–Trinajstić information content (AvgIpc) is 2.11. The topological polar surface area (TPSA) is 26.3 Å². The number of rotatable bonds is 6. The van der Waals surface area contributed by atoms with E-state index in [0.29, 0.717) is 5.92 Å². The first-order valence-corrected chi connectivity index (χ1v) is 4.39. The smallest absolute Gasteiger partial charge is 0.142 e. The minimum absolute atomic E-state index is 0.242. The first kappa shape index (κ1) is 11.4. The molecule has 0 spiro atoms. The normalized spacial score (nSPS) is 16.2. The molecule has 2 atom stereocenters. The Morgan fingerprint density at radius 3 is 2.58 bits per heavy atom. The molecule has 0 aliphatic rings. The quantitative estimate of drug-likeness (QED) is 0.451. The molecule has 0 aliphatic carbocycles. The van der Waals surface area contributed by atoms with Gasteiger partial charge in [0, 0.05) is 7.11 Å². The van der Waals surface area contributed by atoms with Crippen molar-refractivity contribution in [1.82, 2.24) is 0 Å². The largest absolute Gasteiger partial charge is 0.381 e. The van der Waals surface area contributed by atoms with Crippen LogP contribution in [-0.4, -0.2) is 19.5 Å². The lowest BCUT2D eigenvalue weighted by Crippen LogP contribution is -2.18. The molecule has 0 saturated heterocycles. The molecule has 0 saturated carbocycles. The highest BCUT2D eigenvalue weighted by Gasteiger charge is 2.12. The Morgan fingerprint density at radius 1 is 1.50 bits per heavy atom. The van der Waals surface area contributed by atoms with E-state index in [-0.39, 0.29) is 6.10 Å². The Hall–Kier alpha value is -0.630. The van der Waals surface area contributed by atoms with Crippen molar-refractivity contribution in [3.63, 3.8) is 0 Å². The van der Waals surface area contributed by atoms with E-state index in [1.54, 1.807) is 7.11 Å². The summed E-state index contributed by atoms with van der Waals surface area (Å²) in [6, 6.07) is 0. The van der Waals surface area contributed by atoms with Gasteiger partial charge in [-0.05, 0) is 18.4 Å². The van der Waals surface area contributed by atoms with Gasteiger partial charge in [0.15, 0.2) is 0 Å². The molecule has 2 heteroatoms. The van der Waals surface area contributed by atoms with Gasteiger partial charge in [-0.3, -0.25) is 4.79 Å². The van der Waals surface area contributed by atoms with E-state index < -0.39 is 0 Å². The molecule has 0 heterocycles. The van der Waals surface area contributed by atoms with E-state index in [0.717, 1.165) is 19.1 Å². The van der Waals surface area contributed by atoms with Gasteiger partial charge in [0.05, 0.1) is 6.10 Å². The lowest BCUT2D eigenvalue weighted by atomic mass is 9.99. The van der Waals surface area contributed by atoms with Crippen LogP contribution in [0.1, 0.15) is 26.7 Å². The van der Waals surface area contributed by atoms with Crippen molar-refractivity contribution in [3.8, 4) is 0 Å². The van der Waals surface area contributed by atoms with Crippen molar-refractivity contribution >= 4 is 6.29 Å². The predicted octanol–water partition coefficient (Wildman–Crippen LogP) is 2.19. The number of carbonyl (C=O) groups excluding carboxylic acids is 1. The third-order valence-electron chi connectivity index (χ3n) is 2.16. The maximum absolute atomic E-state index is 9.99. The van der Waals surface area contributed by atoms with Crippen LogP contribution in [0.2, 0.25) is 0 Å². The third-order valence-corrected chi connectivity index (χ3v) is 2.16. The molecule has 0 rings (SSSR count). The lowest BCUT2D eigenvalue weighted by molar-refractivity contribution is -0.104. The number of allylic oxidation sites excluding steroid dienone is 1. The molecular formula is C10H18O2. The fraction of sp³-hybridized carbons (Fsp3) is 0.700. The fourth-order valence-corrected chi connectivity index (χ4v) is 1.09. The Bertz CT molecular complexity index is 141. The van der Waals surface area contributed by atoms with Gasteiger partial charge in [-0.2, -0.15) is 0 Å². The Labute approximate surface area is 74.6 Å². The van der Waals surface area contributed by atoms with Crippen LogP contribution < -0.4 is 0 Å². The molecule has 0 amide bonds. The molecule has 12 heavy (non-hydrogen) atoms. The first-order chi connectivity index (χ1) is 5.76. The second kappa shape index (κ2) is 7.04. The van der Waals surface area contributed by atoms with Gasteiger partial charge in [0.1, 0.15) is 6.29 Å². The van der Waals surface area contributed by atoms with Crippen molar-refractivity contribution in [2.75, 3.05) is 7.11 Å².